The van der Waals surface area contributed by atoms with Crippen LogP contribution in [0, 0.1) is 0 Å². The fourth-order valence-electron chi connectivity index (χ4n) is 2.94. The Morgan fingerprint density at radius 2 is 1.71 bits per heavy atom. The number of carbonyl (C=O) groups is 2. The highest BCUT2D eigenvalue weighted by atomic mass is 16.5. The van der Waals surface area contributed by atoms with Crippen LogP contribution < -0.4 is 5.32 Å². The molecule has 4 nitrogen and oxygen atoms in total. The zero-order chi connectivity index (χ0) is 16.8. The molecule has 0 bridgehead atoms. The first kappa shape index (κ1) is 16.4. The summed E-state index contributed by atoms with van der Waals surface area (Å²) in [7, 11) is 0. The van der Waals surface area contributed by atoms with Crippen molar-refractivity contribution < 1.29 is 14.3 Å². The van der Waals surface area contributed by atoms with Crippen LogP contribution in [0.1, 0.15) is 45.5 Å². The van der Waals surface area contributed by atoms with Gasteiger partial charge in [-0.15, -0.1) is 0 Å². The van der Waals surface area contributed by atoms with Crippen LogP contribution in [0.5, 0.6) is 0 Å². The van der Waals surface area contributed by atoms with Gasteiger partial charge in [0.05, 0.1) is 11.7 Å². The van der Waals surface area contributed by atoms with Crippen molar-refractivity contribution >= 4 is 11.7 Å². The molecule has 1 atom stereocenters. The van der Waals surface area contributed by atoms with Crippen LogP contribution in [0.2, 0.25) is 0 Å². The van der Waals surface area contributed by atoms with Gasteiger partial charge in [-0.25, -0.2) is 0 Å². The van der Waals surface area contributed by atoms with Crippen LogP contribution in [-0.4, -0.2) is 30.9 Å². The SMILES string of the molecule is O=C(NCC[C@@H]1CCCO1)c1ccccc1C(=O)c1ccccc1. The number of rotatable bonds is 6. The lowest BCUT2D eigenvalue weighted by molar-refractivity contribution is 0.0900. The summed E-state index contributed by atoms with van der Waals surface area (Å²) >= 11 is 0. The fourth-order valence-corrected chi connectivity index (χ4v) is 2.94. The number of ketones is 1. The van der Waals surface area contributed by atoms with Gasteiger partial charge >= 0.3 is 0 Å². The predicted octanol–water partition coefficient (Wildman–Crippen LogP) is 3.22. The van der Waals surface area contributed by atoms with Gasteiger partial charge in [0.25, 0.3) is 5.91 Å². The molecule has 0 saturated carbocycles. The Labute approximate surface area is 141 Å². The average Bonchev–Trinajstić information content (AvgIpc) is 3.15. The van der Waals surface area contributed by atoms with Crippen LogP contribution >= 0.6 is 0 Å². The minimum Gasteiger partial charge on any atom is -0.378 e. The van der Waals surface area contributed by atoms with Crippen LogP contribution in [-0.2, 0) is 4.74 Å². The van der Waals surface area contributed by atoms with E-state index < -0.39 is 0 Å². The summed E-state index contributed by atoms with van der Waals surface area (Å²) in [6.45, 7) is 1.37. The lowest BCUT2D eigenvalue weighted by Gasteiger charge is -2.12. The number of amides is 1. The van der Waals surface area contributed by atoms with E-state index in [0.29, 0.717) is 23.2 Å². The number of nitrogens with one attached hydrogen (secondary N) is 1. The zero-order valence-corrected chi connectivity index (χ0v) is 13.5. The second-order valence-corrected chi connectivity index (χ2v) is 5.92. The molecule has 1 heterocycles. The van der Waals surface area contributed by atoms with Crippen molar-refractivity contribution in [3.05, 3.63) is 71.3 Å². The van der Waals surface area contributed by atoms with Crippen molar-refractivity contribution in [1.29, 1.82) is 0 Å². The molecule has 0 unspecified atom stereocenters. The topological polar surface area (TPSA) is 55.4 Å². The summed E-state index contributed by atoms with van der Waals surface area (Å²) in [5, 5.41) is 2.90. The molecular weight excluding hydrogens is 302 g/mol. The van der Waals surface area contributed by atoms with Crippen molar-refractivity contribution in [2.45, 2.75) is 25.4 Å². The minimum atomic E-state index is -0.215. The van der Waals surface area contributed by atoms with Crippen molar-refractivity contribution in [3.63, 3.8) is 0 Å². The van der Waals surface area contributed by atoms with Crippen LogP contribution in [0.25, 0.3) is 0 Å². The van der Waals surface area contributed by atoms with E-state index in [4.69, 9.17) is 4.74 Å². The van der Waals surface area contributed by atoms with Crippen LogP contribution in [0.4, 0.5) is 0 Å². The van der Waals surface area contributed by atoms with Crippen molar-refractivity contribution in [2.75, 3.05) is 13.2 Å². The highest BCUT2D eigenvalue weighted by Gasteiger charge is 2.19. The smallest absolute Gasteiger partial charge is 0.252 e. The lowest BCUT2D eigenvalue weighted by Crippen LogP contribution is -2.28. The maximum Gasteiger partial charge on any atom is 0.252 e. The Kier molecular flexibility index (Phi) is 5.39. The summed E-state index contributed by atoms with van der Waals surface area (Å²) in [4.78, 5) is 25.1. The summed E-state index contributed by atoms with van der Waals surface area (Å²) in [5.74, 6) is -0.353. The largest absolute Gasteiger partial charge is 0.378 e. The number of ether oxygens (including phenoxy) is 1. The maximum absolute atomic E-state index is 12.7. The molecule has 4 heteroatoms. The number of hydrogen-bond donors (Lipinski definition) is 1. The molecule has 124 valence electrons. The first-order valence-electron chi connectivity index (χ1n) is 8.34. The molecule has 0 radical (unpaired) electrons. The molecule has 0 spiro atoms. The van der Waals surface area contributed by atoms with Crippen molar-refractivity contribution in [1.82, 2.24) is 5.32 Å². The van der Waals surface area contributed by atoms with E-state index in [1.54, 1.807) is 36.4 Å². The normalized spacial score (nSPS) is 16.8. The van der Waals surface area contributed by atoms with Crippen molar-refractivity contribution in [3.8, 4) is 0 Å². The monoisotopic (exact) mass is 323 g/mol. The third kappa shape index (κ3) is 3.89. The van der Waals surface area contributed by atoms with Gasteiger partial charge in [-0.05, 0) is 25.3 Å². The number of carbonyl (C=O) groups excluding carboxylic acids is 2. The Balaban J connectivity index is 1.69. The summed E-state index contributed by atoms with van der Waals surface area (Å²) < 4.78 is 5.55. The molecule has 1 fully saturated rings. The summed E-state index contributed by atoms with van der Waals surface area (Å²) in [6.07, 6.45) is 3.19. The fraction of sp³-hybridized carbons (Fsp3) is 0.300. The van der Waals surface area contributed by atoms with E-state index in [-0.39, 0.29) is 17.8 Å². The quantitative estimate of drug-likeness (QED) is 0.831. The second kappa shape index (κ2) is 7.88. The van der Waals surface area contributed by atoms with Crippen molar-refractivity contribution in [2.24, 2.45) is 0 Å². The number of hydrogen-bond acceptors (Lipinski definition) is 3. The third-order valence-corrected chi connectivity index (χ3v) is 4.23. The first-order valence-corrected chi connectivity index (χ1v) is 8.34. The molecule has 2 aromatic rings. The summed E-state index contributed by atoms with van der Waals surface area (Å²) in [5.41, 5.74) is 1.43. The Morgan fingerprint density at radius 1 is 1.00 bits per heavy atom. The Morgan fingerprint density at radius 3 is 2.42 bits per heavy atom. The van der Waals surface area contributed by atoms with Crippen LogP contribution in [0.3, 0.4) is 0 Å². The molecule has 0 aliphatic carbocycles. The van der Waals surface area contributed by atoms with Gasteiger partial charge in [0.2, 0.25) is 0 Å². The maximum atomic E-state index is 12.7. The van der Waals surface area contributed by atoms with E-state index in [1.807, 2.05) is 18.2 Å². The third-order valence-electron chi connectivity index (χ3n) is 4.23. The second-order valence-electron chi connectivity index (χ2n) is 5.92. The predicted molar refractivity (Wildman–Crippen MR) is 92.2 cm³/mol. The van der Waals surface area contributed by atoms with Gasteiger partial charge in [-0.3, -0.25) is 9.59 Å². The molecule has 24 heavy (non-hydrogen) atoms. The van der Waals surface area contributed by atoms with E-state index in [2.05, 4.69) is 5.32 Å². The average molecular weight is 323 g/mol. The molecule has 1 N–H and O–H groups in total. The lowest BCUT2D eigenvalue weighted by atomic mass is 9.98. The minimum absolute atomic E-state index is 0.138. The first-order chi connectivity index (χ1) is 11.8. The Bertz CT molecular complexity index is 706. The molecule has 2 aromatic carbocycles. The van der Waals surface area contributed by atoms with E-state index >= 15 is 0 Å². The standard InChI is InChI=1S/C20H21NO3/c22-19(15-7-2-1-3-8-15)17-10-4-5-11-18(17)20(23)21-13-12-16-9-6-14-24-16/h1-5,7-8,10-11,16H,6,9,12-14H2,(H,21,23)/t16-/m0/s1. The highest BCUT2D eigenvalue weighted by molar-refractivity contribution is 6.15. The highest BCUT2D eigenvalue weighted by Crippen LogP contribution is 2.16. The molecule has 1 aliphatic rings. The van der Waals surface area contributed by atoms with Gasteiger partial charge in [0.1, 0.15) is 0 Å². The van der Waals surface area contributed by atoms with E-state index in [0.717, 1.165) is 25.9 Å². The zero-order valence-electron chi connectivity index (χ0n) is 13.5. The molecule has 1 amide bonds. The van der Waals surface area contributed by atoms with Crippen LogP contribution in [0.15, 0.2) is 54.6 Å². The van der Waals surface area contributed by atoms with Gasteiger partial charge in [0, 0.05) is 24.3 Å². The van der Waals surface area contributed by atoms with Gasteiger partial charge < -0.3 is 10.1 Å². The van der Waals surface area contributed by atoms with Gasteiger partial charge in [-0.1, -0.05) is 48.5 Å². The molecule has 1 saturated heterocycles. The Hall–Kier alpha value is -2.46. The van der Waals surface area contributed by atoms with E-state index in [9.17, 15) is 9.59 Å². The summed E-state index contributed by atoms with van der Waals surface area (Å²) in [6, 6.07) is 16.0. The van der Waals surface area contributed by atoms with E-state index in [1.165, 1.54) is 0 Å². The van der Waals surface area contributed by atoms with Gasteiger partial charge in [0.15, 0.2) is 5.78 Å². The van der Waals surface area contributed by atoms with Gasteiger partial charge in [-0.2, -0.15) is 0 Å². The molecule has 1 aliphatic heterocycles. The number of benzene rings is 2. The molecule has 0 aromatic heterocycles. The molecule has 3 rings (SSSR count). The molecular formula is C20H21NO3.